The second kappa shape index (κ2) is 7.50. The molecule has 0 saturated carbocycles. The number of hydrogen-bond donors (Lipinski definition) is 2. The van der Waals surface area contributed by atoms with Crippen molar-refractivity contribution < 1.29 is 0 Å². The van der Waals surface area contributed by atoms with Crippen LogP contribution in [-0.4, -0.2) is 27.8 Å². The predicted octanol–water partition coefficient (Wildman–Crippen LogP) is 2.03. The van der Waals surface area contributed by atoms with Gasteiger partial charge < -0.3 is 10.3 Å². The van der Waals surface area contributed by atoms with E-state index >= 15 is 0 Å². The lowest BCUT2D eigenvalue weighted by atomic mass is 10.2. The zero-order valence-electron chi connectivity index (χ0n) is 10.7. The van der Waals surface area contributed by atoms with Gasteiger partial charge in [0.25, 0.3) is 5.56 Å². The molecule has 0 spiro atoms. The highest BCUT2D eigenvalue weighted by molar-refractivity contribution is 7.99. The Kier molecular flexibility index (Phi) is 6.29. The molecule has 1 heterocycles. The maximum Gasteiger partial charge on any atom is 0.251 e. The fourth-order valence-electron chi connectivity index (χ4n) is 1.62. The molecule has 0 radical (unpaired) electrons. The predicted molar refractivity (Wildman–Crippen MR) is 72.5 cm³/mol. The van der Waals surface area contributed by atoms with E-state index in [1.807, 2.05) is 0 Å². The van der Waals surface area contributed by atoms with Crippen LogP contribution in [0.2, 0.25) is 0 Å². The van der Waals surface area contributed by atoms with E-state index in [9.17, 15) is 4.79 Å². The summed E-state index contributed by atoms with van der Waals surface area (Å²) in [7, 11) is 0. The molecule has 0 aromatic carbocycles. The smallest absolute Gasteiger partial charge is 0.251 e. The lowest BCUT2D eigenvalue weighted by molar-refractivity contribution is 0.513. The molecule has 0 bridgehead atoms. The van der Waals surface area contributed by atoms with E-state index in [0.29, 0.717) is 16.4 Å². The molecule has 2 atom stereocenters. The molecule has 0 fully saturated rings. The van der Waals surface area contributed by atoms with Gasteiger partial charge in [0, 0.05) is 23.6 Å². The van der Waals surface area contributed by atoms with E-state index in [-0.39, 0.29) is 5.56 Å². The second-order valence-electron chi connectivity index (χ2n) is 4.26. The molecular weight excluding hydrogens is 234 g/mol. The molecule has 0 amide bonds. The molecule has 5 heteroatoms. The Labute approximate surface area is 107 Å². The third kappa shape index (κ3) is 5.89. The summed E-state index contributed by atoms with van der Waals surface area (Å²) in [5.41, 5.74) is -0.0909. The molecule has 2 N–H and O–H groups in total. The summed E-state index contributed by atoms with van der Waals surface area (Å²) >= 11 is 1.61. The van der Waals surface area contributed by atoms with Crippen molar-refractivity contribution in [2.45, 2.75) is 50.1 Å². The number of H-pyrrole nitrogens is 1. The van der Waals surface area contributed by atoms with Gasteiger partial charge in [-0.1, -0.05) is 25.6 Å². The monoisotopic (exact) mass is 255 g/mol. The van der Waals surface area contributed by atoms with Gasteiger partial charge in [-0.15, -0.1) is 0 Å². The first kappa shape index (κ1) is 14.3. The van der Waals surface area contributed by atoms with Crippen molar-refractivity contribution in [1.82, 2.24) is 15.3 Å². The molecule has 0 aliphatic rings. The molecule has 96 valence electrons. The van der Waals surface area contributed by atoms with Crippen molar-refractivity contribution in [2.75, 3.05) is 6.54 Å². The normalized spacial score (nSPS) is 14.5. The fraction of sp³-hybridized carbons (Fsp3) is 0.667. The summed E-state index contributed by atoms with van der Waals surface area (Å²) in [4.78, 5) is 18.0. The number of nitrogens with zero attached hydrogens (tertiary/aromatic N) is 1. The Balaban J connectivity index is 2.38. The van der Waals surface area contributed by atoms with E-state index in [1.165, 1.54) is 6.07 Å². The van der Waals surface area contributed by atoms with Gasteiger partial charge in [0.1, 0.15) is 0 Å². The maximum atomic E-state index is 11.1. The molecule has 0 aliphatic carbocycles. The largest absolute Gasteiger partial charge is 0.314 e. The van der Waals surface area contributed by atoms with Gasteiger partial charge in [0.15, 0.2) is 5.16 Å². The van der Waals surface area contributed by atoms with E-state index in [2.05, 4.69) is 36.1 Å². The third-order valence-corrected chi connectivity index (χ3v) is 3.41. The van der Waals surface area contributed by atoms with Crippen LogP contribution in [0.5, 0.6) is 0 Å². The first-order valence-electron chi connectivity index (χ1n) is 6.07. The van der Waals surface area contributed by atoms with Gasteiger partial charge in [-0.2, -0.15) is 0 Å². The zero-order chi connectivity index (χ0) is 12.7. The minimum absolute atomic E-state index is 0.0909. The average Bonchev–Trinajstić information content (AvgIpc) is 2.26. The van der Waals surface area contributed by atoms with Crippen LogP contribution < -0.4 is 10.9 Å². The van der Waals surface area contributed by atoms with Crippen molar-refractivity contribution in [1.29, 1.82) is 0 Å². The van der Waals surface area contributed by atoms with Crippen LogP contribution >= 0.6 is 11.8 Å². The van der Waals surface area contributed by atoms with Gasteiger partial charge in [0.05, 0.1) is 0 Å². The molecule has 0 aliphatic heterocycles. The quantitative estimate of drug-likeness (QED) is 0.578. The minimum atomic E-state index is -0.0909. The van der Waals surface area contributed by atoms with Crippen molar-refractivity contribution in [3.63, 3.8) is 0 Å². The number of hydrogen-bond acceptors (Lipinski definition) is 4. The zero-order valence-corrected chi connectivity index (χ0v) is 11.5. The van der Waals surface area contributed by atoms with Crippen molar-refractivity contribution >= 4 is 11.8 Å². The number of thioether (sulfide) groups is 1. The summed E-state index contributed by atoms with van der Waals surface area (Å²) in [6, 6.07) is 1.92. The fourth-order valence-corrected chi connectivity index (χ4v) is 2.67. The number of aromatic nitrogens is 2. The molecule has 0 saturated heterocycles. The highest BCUT2D eigenvalue weighted by Gasteiger charge is 2.10. The molecular formula is C12H21N3OS. The first-order valence-corrected chi connectivity index (χ1v) is 6.95. The van der Waals surface area contributed by atoms with Crippen LogP contribution in [0.25, 0.3) is 0 Å². The third-order valence-electron chi connectivity index (χ3n) is 2.39. The van der Waals surface area contributed by atoms with Gasteiger partial charge in [-0.05, 0) is 26.3 Å². The SMILES string of the molecule is CCCNC(C)CC(C)Sc1nccc(=O)[nH]1. The van der Waals surface area contributed by atoms with Crippen LogP contribution in [0.3, 0.4) is 0 Å². The molecule has 1 rings (SSSR count). The van der Waals surface area contributed by atoms with Gasteiger partial charge in [0.2, 0.25) is 0 Å². The summed E-state index contributed by atoms with van der Waals surface area (Å²) in [6.07, 6.45) is 3.76. The maximum absolute atomic E-state index is 11.1. The van der Waals surface area contributed by atoms with E-state index in [4.69, 9.17) is 0 Å². The second-order valence-corrected chi connectivity index (χ2v) is 5.69. The molecule has 17 heavy (non-hydrogen) atoms. The van der Waals surface area contributed by atoms with Gasteiger partial charge in [-0.3, -0.25) is 4.79 Å². The van der Waals surface area contributed by atoms with Crippen molar-refractivity contribution in [3.8, 4) is 0 Å². The Morgan fingerprint density at radius 3 is 2.94 bits per heavy atom. The van der Waals surface area contributed by atoms with Crippen LogP contribution in [0.1, 0.15) is 33.6 Å². The Morgan fingerprint density at radius 2 is 2.29 bits per heavy atom. The van der Waals surface area contributed by atoms with E-state index in [0.717, 1.165) is 19.4 Å². The Morgan fingerprint density at radius 1 is 1.53 bits per heavy atom. The van der Waals surface area contributed by atoms with Crippen molar-refractivity contribution in [2.24, 2.45) is 0 Å². The lowest BCUT2D eigenvalue weighted by Gasteiger charge is -2.17. The number of nitrogens with one attached hydrogen (secondary N) is 2. The molecule has 4 nitrogen and oxygen atoms in total. The molecule has 2 unspecified atom stereocenters. The minimum Gasteiger partial charge on any atom is -0.314 e. The summed E-state index contributed by atoms with van der Waals surface area (Å²) in [5.74, 6) is 0. The number of aromatic amines is 1. The molecule has 1 aromatic rings. The number of rotatable bonds is 7. The summed E-state index contributed by atoms with van der Waals surface area (Å²) in [5, 5.41) is 4.59. The van der Waals surface area contributed by atoms with Crippen LogP contribution in [0.15, 0.2) is 22.2 Å². The Bertz CT molecular complexity index is 380. The van der Waals surface area contributed by atoms with Gasteiger partial charge >= 0.3 is 0 Å². The van der Waals surface area contributed by atoms with Crippen LogP contribution in [0.4, 0.5) is 0 Å². The Hall–Kier alpha value is -0.810. The first-order chi connectivity index (χ1) is 8.11. The van der Waals surface area contributed by atoms with Gasteiger partial charge in [-0.25, -0.2) is 4.98 Å². The summed E-state index contributed by atoms with van der Waals surface area (Å²) < 4.78 is 0. The molecule has 1 aromatic heterocycles. The highest BCUT2D eigenvalue weighted by atomic mass is 32.2. The summed E-state index contributed by atoms with van der Waals surface area (Å²) in [6.45, 7) is 7.56. The highest BCUT2D eigenvalue weighted by Crippen LogP contribution is 2.21. The van der Waals surface area contributed by atoms with Crippen LogP contribution in [0, 0.1) is 0 Å². The topological polar surface area (TPSA) is 57.8 Å². The van der Waals surface area contributed by atoms with E-state index in [1.54, 1.807) is 18.0 Å². The van der Waals surface area contributed by atoms with Crippen molar-refractivity contribution in [3.05, 3.63) is 22.6 Å². The average molecular weight is 255 g/mol. The lowest BCUT2D eigenvalue weighted by Crippen LogP contribution is -2.29. The van der Waals surface area contributed by atoms with Crippen LogP contribution in [-0.2, 0) is 0 Å². The van der Waals surface area contributed by atoms with E-state index < -0.39 is 0 Å². The standard InChI is InChI=1S/C12H21N3OS/c1-4-6-13-9(2)8-10(3)17-12-14-7-5-11(16)15-12/h5,7,9-10,13H,4,6,8H2,1-3H3,(H,14,15,16).